The molecule has 9 aromatic rings. The molecule has 0 radical (unpaired) electrons. The molecule has 0 bridgehead atoms. The van der Waals surface area contributed by atoms with Crippen molar-refractivity contribution in [1.82, 2.24) is 18.8 Å². The van der Waals surface area contributed by atoms with Crippen LogP contribution in [-0.4, -0.2) is 18.8 Å². The molecule has 0 spiro atoms. The maximum Gasteiger partial charge on any atom is 0.268 e. The highest BCUT2D eigenvalue weighted by molar-refractivity contribution is 7.25. The molecule has 4 aromatic heterocycles. The van der Waals surface area contributed by atoms with Gasteiger partial charge < -0.3 is 0 Å². The lowest BCUT2D eigenvalue weighted by atomic mass is 10.0. The number of aromatic nitrogens is 4. The van der Waals surface area contributed by atoms with E-state index in [2.05, 4.69) is 65.1 Å². The van der Waals surface area contributed by atoms with Gasteiger partial charge in [-0.1, -0.05) is 54.6 Å². The minimum atomic E-state index is -0.114. The van der Waals surface area contributed by atoms with E-state index >= 15 is 0 Å². The highest BCUT2D eigenvalue weighted by atomic mass is 32.1. The van der Waals surface area contributed by atoms with Gasteiger partial charge in [0.2, 0.25) is 5.78 Å². The van der Waals surface area contributed by atoms with Crippen molar-refractivity contribution >= 4 is 75.8 Å². The Labute approximate surface area is 224 Å². The molecule has 182 valence electrons. The average molecular weight is 519 g/mol. The van der Waals surface area contributed by atoms with Gasteiger partial charge >= 0.3 is 0 Å². The number of imidazole rings is 1. The van der Waals surface area contributed by atoms with Crippen LogP contribution in [0.15, 0.2) is 114 Å². The van der Waals surface area contributed by atoms with Gasteiger partial charge in [0.25, 0.3) is 5.56 Å². The first-order chi connectivity index (χ1) is 19.2. The van der Waals surface area contributed by atoms with Gasteiger partial charge in [-0.3, -0.25) is 9.20 Å². The van der Waals surface area contributed by atoms with Crippen molar-refractivity contribution in [1.29, 1.82) is 0 Å². The van der Waals surface area contributed by atoms with Crippen LogP contribution in [0.25, 0.3) is 75.6 Å². The lowest BCUT2D eigenvalue weighted by molar-refractivity contribution is 1.05. The molecule has 6 heteroatoms. The van der Waals surface area contributed by atoms with E-state index in [1.807, 2.05) is 59.9 Å². The summed E-state index contributed by atoms with van der Waals surface area (Å²) in [5.74, 6) is 0.568. The Morgan fingerprint density at radius 1 is 0.538 bits per heavy atom. The second kappa shape index (κ2) is 7.49. The second-order valence-electron chi connectivity index (χ2n) is 9.87. The Morgan fingerprint density at radius 3 is 2.18 bits per heavy atom. The molecule has 0 atom stereocenters. The number of hydrogen-bond acceptors (Lipinski definition) is 4. The Bertz CT molecular complexity index is 2540. The zero-order valence-electron chi connectivity index (χ0n) is 20.5. The van der Waals surface area contributed by atoms with E-state index in [0.29, 0.717) is 22.3 Å². The van der Waals surface area contributed by atoms with E-state index in [4.69, 9.17) is 9.97 Å². The first-order valence-corrected chi connectivity index (χ1v) is 13.6. The number of hydrogen-bond donors (Lipinski definition) is 0. The molecule has 0 saturated heterocycles. The summed E-state index contributed by atoms with van der Waals surface area (Å²) in [4.78, 5) is 23.7. The van der Waals surface area contributed by atoms with Gasteiger partial charge in [0, 0.05) is 25.6 Å². The van der Waals surface area contributed by atoms with E-state index in [9.17, 15) is 4.79 Å². The first kappa shape index (κ1) is 20.9. The van der Waals surface area contributed by atoms with Gasteiger partial charge in [-0.15, -0.1) is 11.3 Å². The van der Waals surface area contributed by atoms with Crippen molar-refractivity contribution in [2.75, 3.05) is 0 Å². The molecular formula is C33H18N4OS. The van der Waals surface area contributed by atoms with E-state index in [-0.39, 0.29) is 5.56 Å². The summed E-state index contributed by atoms with van der Waals surface area (Å²) in [6.45, 7) is 0. The smallest absolute Gasteiger partial charge is 0.268 e. The Hall–Kier alpha value is -5.07. The summed E-state index contributed by atoms with van der Waals surface area (Å²) < 4.78 is 6.34. The zero-order chi connectivity index (χ0) is 25.7. The molecule has 0 unspecified atom stereocenters. The summed E-state index contributed by atoms with van der Waals surface area (Å²) in [5, 5.41) is 4.04. The van der Waals surface area contributed by atoms with Crippen LogP contribution in [-0.2, 0) is 0 Å². The molecule has 4 heterocycles. The maximum atomic E-state index is 13.8. The lowest BCUT2D eigenvalue weighted by Crippen LogP contribution is -2.18. The van der Waals surface area contributed by atoms with Crippen LogP contribution < -0.4 is 5.56 Å². The average Bonchev–Trinajstić information content (AvgIpc) is 3.55. The summed E-state index contributed by atoms with van der Waals surface area (Å²) in [5.41, 5.74) is 6.20. The molecule has 0 N–H and O–H groups in total. The van der Waals surface area contributed by atoms with Gasteiger partial charge in [0.15, 0.2) is 5.65 Å². The fraction of sp³-hybridized carbons (Fsp3) is 0. The van der Waals surface area contributed by atoms with Crippen LogP contribution >= 0.6 is 11.3 Å². The Balaban J connectivity index is 1.39. The molecule has 0 fully saturated rings. The van der Waals surface area contributed by atoms with E-state index in [1.165, 1.54) is 20.2 Å². The highest BCUT2D eigenvalue weighted by Gasteiger charge is 2.18. The molecule has 5 nitrogen and oxygen atoms in total. The third kappa shape index (κ3) is 2.81. The van der Waals surface area contributed by atoms with Crippen LogP contribution in [0, 0.1) is 0 Å². The second-order valence-corrected chi connectivity index (χ2v) is 11.0. The molecule has 0 aliphatic heterocycles. The number of benzene rings is 5. The molecule has 39 heavy (non-hydrogen) atoms. The zero-order valence-corrected chi connectivity index (χ0v) is 21.3. The monoisotopic (exact) mass is 518 g/mol. The number of rotatable bonds is 1. The fourth-order valence-corrected chi connectivity index (χ4v) is 6.98. The fourth-order valence-electron chi connectivity index (χ4n) is 5.89. The van der Waals surface area contributed by atoms with E-state index in [0.717, 1.165) is 33.1 Å². The van der Waals surface area contributed by atoms with E-state index < -0.39 is 0 Å². The molecular weight excluding hydrogens is 500 g/mol. The van der Waals surface area contributed by atoms with Gasteiger partial charge in [0.1, 0.15) is 0 Å². The van der Waals surface area contributed by atoms with Crippen molar-refractivity contribution in [3.05, 3.63) is 120 Å². The Kier molecular flexibility index (Phi) is 4.02. The van der Waals surface area contributed by atoms with Crippen molar-refractivity contribution in [2.24, 2.45) is 0 Å². The van der Waals surface area contributed by atoms with Crippen LogP contribution in [0.2, 0.25) is 0 Å². The minimum Gasteiger partial charge on any atom is -0.277 e. The van der Waals surface area contributed by atoms with Gasteiger partial charge in [0.05, 0.1) is 27.5 Å². The third-order valence-corrected chi connectivity index (χ3v) is 8.86. The van der Waals surface area contributed by atoms with E-state index in [1.54, 1.807) is 4.40 Å². The molecule has 5 aromatic carbocycles. The predicted octanol–water partition coefficient (Wildman–Crippen LogP) is 7.84. The quantitative estimate of drug-likeness (QED) is 0.164. The number of para-hydroxylation sites is 2. The molecule has 9 rings (SSSR count). The SMILES string of the molecule is O=c1c2ccccc2nc2c3ccccc3n3c4cc(-c5ccc6sc7ccccc7c6c5)ccc4nc3n12. The number of nitrogens with zero attached hydrogens (tertiary/aromatic N) is 4. The number of thiophene rings is 1. The number of fused-ring (bicyclic) bond motifs is 12. The van der Waals surface area contributed by atoms with Crippen LogP contribution in [0.4, 0.5) is 0 Å². The van der Waals surface area contributed by atoms with Crippen molar-refractivity contribution in [2.45, 2.75) is 0 Å². The normalized spacial score (nSPS) is 12.2. The summed E-state index contributed by atoms with van der Waals surface area (Å²) in [6, 6.07) is 37.2. The van der Waals surface area contributed by atoms with Crippen molar-refractivity contribution < 1.29 is 0 Å². The molecule has 0 aliphatic carbocycles. The maximum absolute atomic E-state index is 13.8. The first-order valence-electron chi connectivity index (χ1n) is 12.8. The van der Waals surface area contributed by atoms with Crippen LogP contribution in [0.1, 0.15) is 0 Å². The highest BCUT2D eigenvalue weighted by Crippen LogP contribution is 2.37. The van der Waals surface area contributed by atoms with Gasteiger partial charge in [-0.25, -0.2) is 14.4 Å². The Morgan fingerprint density at radius 2 is 1.26 bits per heavy atom. The largest absolute Gasteiger partial charge is 0.277 e. The van der Waals surface area contributed by atoms with Crippen LogP contribution in [0.3, 0.4) is 0 Å². The summed E-state index contributed by atoms with van der Waals surface area (Å²) in [7, 11) is 0. The van der Waals surface area contributed by atoms with Gasteiger partial charge in [-0.05, 0) is 65.7 Å². The molecule has 0 amide bonds. The topological polar surface area (TPSA) is 51.7 Å². The summed E-state index contributed by atoms with van der Waals surface area (Å²) in [6.07, 6.45) is 0. The van der Waals surface area contributed by atoms with Crippen molar-refractivity contribution in [3.63, 3.8) is 0 Å². The third-order valence-electron chi connectivity index (χ3n) is 7.71. The van der Waals surface area contributed by atoms with Crippen LogP contribution in [0.5, 0.6) is 0 Å². The summed E-state index contributed by atoms with van der Waals surface area (Å²) >= 11 is 1.82. The minimum absolute atomic E-state index is 0.114. The van der Waals surface area contributed by atoms with Gasteiger partial charge in [-0.2, -0.15) is 0 Å². The predicted molar refractivity (Wildman–Crippen MR) is 161 cm³/mol. The lowest BCUT2D eigenvalue weighted by Gasteiger charge is -2.10. The van der Waals surface area contributed by atoms with Crippen molar-refractivity contribution in [3.8, 4) is 11.1 Å². The molecule has 0 aliphatic rings. The standard InChI is InChI=1S/C33H18N4OS/c38-32-22-8-1-4-10-25(22)34-31-23-9-2-5-11-27(23)36-28-18-20(13-15-26(28)35-33(36)37(31)32)19-14-16-30-24(17-19)21-7-3-6-12-29(21)39-30/h1-18H. The molecule has 0 saturated carbocycles.